The second-order valence-corrected chi connectivity index (χ2v) is 6.38. The van der Waals surface area contributed by atoms with Gasteiger partial charge in [-0.1, -0.05) is 0 Å². The van der Waals surface area contributed by atoms with Gasteiger partial charge in [-0.2, -0.15) is 13.2 Å². The van der Waals surface area contributed by atoms with E-state index in [1.165, 1.54) is 6.07 Å². The van der Waals surface area contributed by atoms with E-state index in [2.05, 4.69) is 10.3 Å². The molecule has 0 aliphatic carbocycles. The van der Waals surface area contributed by atoms with Crippen LogP contribution < -0.4 is 5.32 Å². The molecule has 0 bridgehead atoms. The van der Waals surface area contributed by atoms with Gasteiger partial charge in [-0.05, 0) is 39.8 Å². The van der Waals surface area contributed by atoms with Crippen LogP contribution >= 0.6 is 0 Å². The van der Waals surface area contributed by atoms with E-state index in [9.17, 15) is 27.6 Å². The zero-order valence-electron chi connectivity index (χ0n) is 14.8. The number of ketones is 1. The van der Waals surface area contributed by atoms with Gasteiger partial charge in [0.05, 0.1) is 12.3 Å². The van der Waals surface area contributed by atoms with E-state index >= 15 is 0 Å². The Hall–Kier alpha value is -2.52. The van der Waals surface area contributed by atoms with Crippen LogP contribution in [0.5, 0.6) is 0 Å². The predicted octanol–water partition coefficient (Wildman–Crippen LogP) is 2.76. The molecule has 1 unspecified atom stereocenters. The average molecular weight is 378 g/mol. The van der Waals surface area contributed by atoms with Gasteiger partial charge in [0.25, 0.3) is 5.78 Å². The molecule has 1 amide bonds. The number of carbonyl (C=O) groups is 3. The van der Waals surface area contributed by atoms with Gasteiger partial charge in [0.2, 0.25) is 0 Å². The van der Waals surface area contributed by atoms with Gasteiger partial charge in [-0.3, -0.25) is 4.79 Å². The van der Waals surface area contributed by atoms with Crippen LogP contribution in [0.1, 0.15) is 43.9 Å². The zero-order valence-corrected chi connectivity index (χ0v) is 14.8. The molecule has 1 heterocycles. The van der Waals surface area contributed by atoms with Crippen molar-refractivity contribution in [3.05, 3.63) is 23.5 Å². The van der Waals surface area contributed by atoms with E-state index in [0.717, 1.165) is 6.07 Å². The van der Waals surface area contributed by atoms with Crippen molar-refractivity contribution >= 4 is 17.8 Å². The Balaban J connectivity index is 2.90. The summed E-state index contributed by atoms with van der Waals surface area (Å²) in [6, 6.07) is 0.986. The lowest BCUT2D eigenvalue weighted by molar-refractivity contribution is -0.145. The fourth-order valence-electron chi connectivity index (χ4n) is 1.95. The number of carbonyl (C=O) groups excluding carboxylic acids is 3. The third-order valence-electron chi connectivity index (χ3n) is 2.93. The van der Waals surface area contributed by atoms with Crippen molar-refractivity contribution in [2.75, 3.05) is 6.61 Å². The number of aromatic nitrogens is 1. The van der Waals surface area contributed by atoms with Crippen LogP contribution in [-0.2, 0) is 20.7 Å². The third kappa shape index (κ3) is 6.77. The number of nitrogens with one attached hydrogen (secondary N) is 2. The number of ether oxygens (including phenoxy) is 2. The van der Waals surface area contributed by atoms with E-state index in [1.54, 1.807) is 27.7 Å². The first-order valence-electron chi connectivity index (χ1n) is 7.79. The highest BCUT2D eigenvalue weighted by atomic mass is 19.4. The maximum atomic E-state index is 12.4. The molecule has 0 aliphatic rings. The van der Waals surface area contributed by atoms with Gasteiger partial charge in [0, 0.05) is 12.1 Å². The van der Waals surface area contributed by atoms with Crippen LogP contribution in [0, 0.1) is 0 Å². The van der Waals surface area contributed by atoms with E-state index in [4.69, 9.17) is 9.47 Å². The fourth-order valence-corrected chi connectivity index (χ4v) is 1.95. The van der Waals surface area contributed by atoms with Crippen LogP contribution in [0.15, 0.2) is 12.1 Å². The minimum Gasteiger partial charge on any atom is -0.464 e. The molecule has 1 atom stereocenters. The van der Waals surface area contributed by atoms with E-state index in [1.807, 2.05) is 0 Å². The highest BCUT2D eigenvalue weighted by Crippen LogP contribution is 2.21. The van der Waals surface area contributed by atoms with E-state index < -0.39 is 41.4 Å². The van der Waals surface area contributed by atoms with Crippen molar-refractivity contribution in [1.82, 2.24) is 10.3 Å². The molecule has 1 aromatic heterocycles. The molecule has 0 saturated carbocycles. The summed E-state index contributed by atoms with van der Waals surface area (Å²) in [5, 5.41) is 2.31. The van der Waals surface area contributed by atoms with Crippen molar-refractivity contribution in [1.29, 1.82) is 0 Å². The number of aromatic amines is 1. The first-order valence-corrected chi connectivity index (χ1v) is 7.79. The summed E-state index contributed by atoms with van der Waals surface area (Å²) in [5.41, 5.74) is -1.32. The number of esters is 1. The van der Waals surface area contributed by atoms with Crippen LogP contribution in [-0.4, -0.2) is 47.3 Å². The first kappa shape index (κ1) is 21.5. The normalized spacial score (nSPS) is 13.0. The number of hydrogen-bond acceptors (Lipinski definition) is 5. The molecule has 10 heteroatoms. The number of H-pyrrole nitrogens is 1. The van der Waals surface area contributed by atoms with Gasteiger partial charge in [0.1, 0.15) is 11.6 Å². The standard InChI is InChI=1S/C16H21F3N2O5/c1-5-25-13(23)11(21-14(24)26-15(2,3)4)8-9-6-7-10(20-9)12(22)16(17,18)19/h6-7,11,20H,5,8H2,1-4H3,(H,21,24). The summed E-state index contributed by atoms with van der Waals surface area (Å²) in [6.45, 7) is 6.51. The Bertz CT molecular complexity index is 662. The Kier molecular flexibility index (Phi) is 6.82. The molecule has 2 N–H and O–H groups in total. The molecule has 0 saturated heterocycles. The molecular formula is C16H21F3N2O5. The molecule has 0 spiro atoms. The maximum Gasteiger partial charge on any atom is 0.456 e. The third-order valence-corrected chi connectivity index (χ3v) is 2.93. The quantitative estimate of drug-likeness (QED) is 0.586. The van der Waals surface area contributed by atoms with Crippen molar-refractivity contribution in [3.63, 3.8) is 0 Å². The molecule has 7 nitrogen and oxygen atoms in total. The molecule has 26 heavy (non-hydrogen) atoms. The number of amides is 1. The van der Waals surface area contributed by atoms with Crippen molar-refractivity contribution in [2.24, 2.45) is 0 Å². The van der Waals surface area contributed by atoms with Crippen LogP contribution in [0.2, 0.25) is 0 Å². The Morgan fingerprint density at radius 1 is 1.19 bits per heavy atom. The average Bonchev–Trinajstić information content (AvgIpc) is 2.91. The summed E-state index contributed by atoms with van der Waals surface area (Å²) in [4.78, 5) is 37.4. The highest BCUT2D eigenvalue weighted by molar-refractivity contribution is 5.98. The van der Waals surface area contributed by atoms with Gasteiger partial charge in [0.15, 0.2) is 0 Å². The lowest BCUT2D eigenvalue weighted by Gasteiger charge is -2.22. The lowest BCUT2D eigenvalue weighted by Crippen LogP contribution is -2.45. The van der Waals surface area contributed by atoms with Gasteiger partial charge in [-0.15, -0.1) is 0 Å². The fraction of sp³-hybridized carbons (Fsp3) is 0.562. The second-order valence-electron chi connectivity index (χ2n) is 6.38. The molecule has 146 valence electrons. The number of halogens is 3. The number of Topliss-reactive ketones (excluding diaryl/α,β-unsaturated/α-hetero) is 1. The minimum absolute atomic E-state index is 0.0495. The summed E-state index contributed by atoms with van der Waals surface area (Å²) in [5.74, 6) is -2.81. The molecule has 0 fully saturated rings. The molecule has 0 radical (unpaired) electrons. The lowest BCUT2D eigenvalue weighted by atomic mass is 10.1. The summed E-state index contributed by atoms with van der Waals surface area (Å²) in [6.07, 6.45) is -6.10. The summed E-state index contributed by atoms with van der Waals surface area (Å²) in [7, 11) is 0. The number of alkyl carbamates (subject to hydrolysis) is 1. The van der Waals surface area contributed by atoms with E-state index in [0.29, 0.717) is 0 Å². The van der Waals surface area contributed by atoms with Crippen LogP contribution in [0.4, 0.5) is 18.0 Å². The molecule has 0 aliphatic heterocycles. The van der Waals surface area contributed by atoms with Crippen LogP contribution in [0.25, 0.3) is 0 Å². The van der Waals surface area contributed by atoms with E-state index in [-0.39, 0.29) is 18.7 Å². The van der Waals surface area contributed by atoms with Crippen LogP contribution in [0.3, 0.4) is 0 Å². The summed E-state index contributed by atoms with van der Waals surface area (Å²) < 4.78 is 47.2. The SMILES string of the molecule is CCOC(=O)C(Cc1ccc(C(=O)C(F)(F)F)[nH]1)NC(=O)OC(C)(C)C. The Labute approximate surface area is 148 Å². The minimum atomic E-state index is -5.02. The molecule has 1 aromatic rings. The monoisotopic (exact) mass is 378 g/mol. The Morgan fingerprint density at radius 3 is 2.31 bits per heavy atom. The summed E-state index contributed by atoms with van der Waals surface area (Å²) >= 11 is 0. The largest absolute Gasteiger partial charge is 0.464 e. The van der Waals surface area contributed by atoms with Crippen molar-refractivity contribution < 1.29 is 37.0 Å². The maximum absolute atomic E-state index is 12.4. The van der Waals surface area contributed by atoms with Gasteiger partial charge < -0.3 is 19.8 Å². The molecular weight excluding hydrogens is 357 g/mol. The second kappa shape index (κ2) is 8.24. The molecule has 0 aromatic carbocycles. The van der Waals surface area contributed by atoms with Crippen molar-refractivity contribution in [3.8, 4) is 0 Å². The van der Waals surface area contributed by atoms with Gasteiger partial charge in [-0.25, -0.2) is 9.59 Å². The van der Waals surface area contributed by atoms with Gasteiger partial charge >= 0.3 is 18.2 Å². The highest BCUT2D eigenvalue weighted by Gasteiger charge is 2.40. The molecule has 1 rings (SSSR count). The zero-order chi connectivity index (χ0) is 20.1. The number of hydrogen-bond donors (Lipinski definition) is 2. The number of rotatable bonds is 6. The number of alkyl halides is 3. The topological polar surface area (TPSA) is 97.5 Å². The van der Waals surface area contributed by atoms with Crippen molar-refractivity contribution in [2.45, 2.75) is 51.9 Å². The smallest absolute Gasteiger partial charge is 0.456 e. The predicted molar refractivity (Wildman–Crippen MR) is 84.7 cm³/mol. The Morgan fingerprint density at radius 2 is 1.81 bits per heavy atom. The first-order chi connectivity index (χ1) is 11.8.